The van der Waals surface area contributed by atoms with Crippen LogP contribution >= 0.6 is 0 Å². The average Bonchev–Trinajstić information content (AvgIpc) is 3.35. The SMILES string of the molecule is CC(C)(C)OC(=O)NCC1CCC(CNC(=O)c2cc(-c3cn[nH]c3)nc3ccccc23)CC1. The highest BCUT2D eigenvalue weighted by Gasteiger charge is 2.24. The molecule has 34 heavy (non-hydrogen) atoms. The number of nitrogens with one attached hydrogen (secondary N) is 3. The van der Waals surface area contributed by atoms with E-state index < -0.39 is 5.60 Å². The smallest absolute Gasteiger partial charge is 0.407 e. The van der Waals surface area contributed by atoms with Gasteiger partial charge in [-0.1, -0.05) is 18.2 Å². The van der Waals surface area contributed by atoms with Crippen LogP contribution in [0.1, 0.15) is 56.8 Å². The van der Waals surface area contributed by atoms with Gasteiger partial charge in [-0.05, 0) is 70.4 Å². The lowest BCUT2D eigenvalue weighted by Gasteiger charge is -2.29. The second kappa shape index (κ2) is 10.2. The summed E-state index contributed by atoms with van der Waals surface area (Å²) in [6.07, 6.45) is 7.22. The van der Waals surface area contributed by atoms with Crippen molar-refractivity contribution in [2.75, 3.05) is 13.1 Å². The molecule has 2 heterocycles. The highest BCUT2D eigenvalue weighted by atomic mass is 16.6. The normalized spacial score (nSPS) is 18.4. The number of aromatic amines is 1. The molecule has 0 aliphatic heterocycles. The van der Waals surface area contributed by atoms with Crippen molar-refractivity contribution in [3.8, 4) is 11.3 Å². The van der Waals surface area contributed by atoms with Gasteiger partial charge in [-0.25, -0.2) is 9.78 Å². The van der Waals surface area contributed by atoms with Crippen LogP contribution in [0.4, 0.5) is 4.79 Å². The molecule has 4 rings (SSSR count). The van der Waals surface area contributed by atoms with Crippen LogP contribution in [0, 0.1) is 11.8 Å². The zero-order chi connectivity index (χ0) is 24.1. The highest BCUT2D eigenvalue weighted by molar-refractivity contribution is 6.07. The number of alkyl carbamates (subject to hydrolysis) is 1. The number of H-pyrrole nitrogens is 1. The van der Waals surface area contributed by atoms with Crippen LogP contribution in [0.2, 0.25) is 0 Å². The molecule has 3 N–H and O–H groups in total. The Morgan fingerprint density at radius 3 is 2.38 bits per heavy atom. The van der Waals surface area contributed by atoms with Crippen LogP contribution in [0.15, 0.2) is 42.7 Å². The van der Waals surface area contributed by atoms with E-state index in [1.807, 2.05) is 51.1 Å². The Hall–Kier alpha value is -3.42. The van der Waals surface area contributed by atoms with E-state index in [9.17, 15) is 9.59 Å². The van der Waals surface area contributed by atoms with E-state index in [1.54, 1.807) is 12.4 Å². The molecule has 0 bridgehead atoms. The summed E-state index contributed by atoms with van der Waals surface area (Å²) >= 11 is 0. The number of rotatable bonds is 6. The maximum atomic E-state index is 13.2. The van der Waals surface area contributed by atoms with Crippen molar-refractivity contribution in [3.63, 3.8) is 0 Å². The molecule has 0 unspecified atom stereocenters. The van der Waals surface area contributed by atoms with Gasteiger partial charge in [0.15, 0.2) is 0 Å². The standard InChI is InChI=1S/C26H33N5O3/c1-26(2,3)34-25(33)28-14-18-10-8-17(9-11-18)13-27-24(32)21-12-23(19-15-29-30-16-19)31-22-7-5-4-6-20(21)22/h4-7,12,15-18H,8-11,13-14H2,1-3H3,(H,27,32)(H,28,33)(H,29,30). The zero-order valence-corrected chi connectivity index (χ0v) is 20.1. The molecule has 0 spiro atoms. The van der Waals surface area contributed by atoms with Crippen LogP contribution in [-0.2, 0) is 4.74 Å². The average molecular weight is 464 g/mol. The second-order valence-corrected chi connectivity index (χ2v) is 10.0. The molecule has 1 aromatic carbocycles. The Kier molecular flexibility index (Phi) is 7.14. The molecule has 3 aromatic rings. The van der Waals surface area contributed by atoms with E-state index in [2.05, 4.69) is 25.8 Å². The van der Waals surface area contributed by atoms with Gasteiger partial charge in [0.1, 0.15) is 5.60 Å². The summed E-state index contributed by atoms with van der Waals surface area (Å²) in [6, 6.07) is 9.53. The number of hydrogen-bond donors (Lipinski definition) is 3. The zero-order valence-electron chi connectivity index (χ0n) is 20.1. The van der Waals surface area contributed by atoms with E-state index >= 15 is 0 Å². The number of benzene rings is 1. The van der Waals surface area contributed by atoms with Crippen LogP contribution < -0.4 is 10.6 Å². The number of ether oxygens (including phenoxy) is 1. The van der Waals surface area contributed by atoms with Gasteiger partial charge in [0.25, 0.3) is 5.91 Å². The Labute approximate surface area is 199 Å². The molecule has 1 aliphatic carbocycles. The van der Waals surface area contributed by atoms with Gasteiger partial charge in [0, 0.05) is 30.2 Å². The lowest BCUT2D eigenvalue weighted by Crippen LogP contribution is -2.37. The highest BCUT2D eigenvalue weighted by Crippen LogP contribution is 2.29. The number of carbonyl (C=O) groups excluding carboxylic acids is 2. The van der Waals surface area contributed by atoms with Crippen molar-refractivity contribution in [3.05, 3.63) is 48.3 Å². The summed E-state index contributed by atoms with van der Waals surface area (Å²) in [5.74, 6) is 0.793. The summed E-state index contributed by atoms with van der Waals surface area (Å²) in [6.45, 7) is 6.86. The third-order valence-corrected chi connectivity index (χ3v) is 6.21. The van der Waals surface area contributed by atoms with E-state index in [0.717, 1.165) is 47.8 Å². The van der Waals surface area contributed by atoms with E-state index in [0.29, 0.717) is 30.5 Å². The number of pyridine rings is 1. The molecule has 8 heteroatoms. The molecule has 1 fully saturated rings. The summed E-state index contributed by atoms with van der Waals surface area (Å²) < 4.78 is 5.31. The first-order valence-corrected chi connectivity index (χ1v) is 11.9. The number of amides is 2. The maximum absolute atomic E-state index is 13.2. The number of fused-ring (bicyclic) bond motifs is 1. The van der Waals surface area contributed by atoms with E-state index in [4.69, 9.17) is 4.74 Å². The van der Waals surface area contributed by atoms with Gasteiger partial charge >= 0.3 is 6.09 Å². The fraction of sp³-hybridized carbons (Fsp3) is 0.462. The molecule has 0 radical (unpaired) electrons. The van der Waals surface area contributed by atoms with E-state index in [1.165, 1.54) is 0 Å². The first kappa shape index (κ1) is 23.7. The predicted octanol–water partition coefficient (Wildman–Crippen LogP) is 4.69. The minimum absolute atomic E-state index is 0.0861. The number of nitrogens with zero attached hydrogens (tertiary/aromatic N) is 2. The second-order valence-electron chi connectivity index (χ2n) is 10.0. The first-order chi connectivity index (χ1) is 16.3. The summed E-state index contributed by atoms with van der Waals surface area (Å²) in [7, 11) is 0. The van der Waals surface area contributed by atoms with Crippen LogP contribution in [0.5, 0.6) is 0 Å². The Morgan fingerprint density at radius 2 is 1.74 bits per heavy atom. The van der Waals surface area contributed by atoms with Gasteiger partial charge in [0.2, 0.25) is 0 Å². The molecule has 0 atom stereocenters. The Morgan fingerprint density at radius 1 is 1.06 bits per heavy atom. The number of para-hydroxylation sites is 1. The molecule has 1 saturated carbocycles. The molecular weight excluding hydrogens is 430 g/mol. The van der Waals surface area contributed by atoms with Crippen molar-refractivity contribution < 1.29 is 14.3 Å². The molecule has 2 amide bonds. The maximum Gasteiger partial charge on any atom is 0.407 e. The van der Waals surface area contributed by atoms with E-state index in [-0.39, 0.29) is 12.0 Å². The topological polar surface area (TPSA) is 109 Å². The molecular formula is C26H33N5O3. The van der Waals surface area contributed by atoms with Gasteiger partial charge in [-0.3, -0.25) is 9.89 Å². The van der Waals surface area contributed by atoms with Crippen LogP contribution in [-0.4, -0.2) is 45.9 Å². The largest absolute Gasteiger partial charge is 0.444 e. The van der Waals surface area contributed by atoms with Crippen molar-refractivity contribution in [1.82, 2.24) is 25.8 Å². The van der Waals surface area contributed by atoms with Crippen molar-refractivity contribution in [2.24, 2.45) is 11.8 Å². The Bertz CT molecular complexity index is 1130. The third-order valence-electron chi connectivity index (χ3n) is 6.21. The fourth-order valence-electron chi connectivity index (χ4n) is 4.42. The number of carbonyl (C=O) groups is 2. The lowest BCUT2D eigenvalue weighted by atomic mass is 9.82. The number of hydrogen-bond acceptors (Lipinski definition) is 5. The van der Waals surface area contributed by atoms with Gasteiger partial charge in [-0.2, -0.15) is 5.10 Å². The van der Waals surface area contributed by atoms with Crippen molar-refractivity contribution in [2.45, 2.75) is 52.1 Å². The Balaban J connectivity index is 1.31. The van der Waals surface area contributed by atoms with Crippen molar-refractivity contribution >= 4 is 22.9 Å². The number of aromatic nitrogens is 3. The molecule has 0 saturated heterocycles. The minimum Gasteiger partial charge on any atom is -0.444 e. The third kappa shape index (κ3) is 6.12. The summed E-state index contributed by atoms with van der Waals surface area (Å²) in [4.78, 5) is 29.7. The fourth-order valence-corrected chi connectivity index (χ4v) is 4.42. The minimum atomic E-state index is -0.487. The quantitative estimate of drug-likeness (QED) is 0.492. The first-order valence-electron chi connectivity index (χ1n) is 11.9. The van der Waals surface area contributed by atoms with Crippen LogP contribution in [0.3, 0.4) is 0 Å². The predicted molar refractivity (Wildman–Crippen MR) is 131 cm³/mol. The van der Waals surface area contributed by atoms with Gasteiger partial charge in [-0.15, -0.1) is 0 Å². The molecule has 1 aliphatic rings. The molecule has 180 valence electrons. The molecule has 2 aromatic heterocycles. The lowest BCUT2D eigenvalue weighted by molar-refractivity contribution is 0.0512. The van der Waals surface area contributed by atoms with Crippen molar-refractivity contribution in [1.29, 1.82) is 0 Å². The summed E-state index contributed by atoms with van der Waals surface area (Å²) in [5.41, 5.74) is 2.48. The van der Waals surface area contributed by atoms with Gasteiger partial charge in [0.05, 0.1) is 23.0 Å². The van der Waals surface area contributed by atoms with Gasteiger partial charge < -0.3 is 15.4 Å². The van der Waals surface area contributed by atoms with Crippen LogP contribution in [0.25, 0.3) is 22.2 Å². The molecule has 8 nitrogen and oxygen atoms in total. The monoisotopic (exact) mass is 463 g/mol. The summed E-state index contributed by atoms with van der Waals surface area (Å²) in [5, 5.41) is 13.7.